The highest BCUT2D eigenvalue weighted by Crippen LogP contribution is 2.25. The molecule has 5 heteroatoms. The lowest BCUT2D eigenvalue weighted by Crippen LogP contribution is -2.07. The Labute approximate surface area is 133 Å². The molecule has 0 atom stereocenters. The zero-order valence-electron chi connectivity index (χ0n) is 11.3. The largest absolute Gasteiger partial charge is 0.497 e. The number of amides is 1. The van der Waals surface area contributed by atoms with Crippen molar-refractivity contribution in [2.45, 2.75) is 0 Å². The van der Waals surface area contributed by atoms with E-state index in [0.717, 1.165) is 0 Å². The first kappa shape index (κ1) is 15.4. The molecule has 0 aliphatic carbocycles. The van der Waals surface area contributed by atoms with Gasteiger partial charge in [0.05, 0.1) is 7.11 Å². The van der Waals surface area contributed by atoms with Crippen LogP contribution < -0.4 is 10.1 Å². The molecular weight excluding hydrogens is 309 g/mol. The number of methoxy groups -OCH3 is 1. The van der Waals surface area contributed by atoms with Gasteiger partial charge in [0, 0.05) is 33.4 Å². The summed E-state index contributed by atoms with van der Waals surface area (Å²) < 4.78 is 5.09. The van der Waals surface area contributed by atoms with Crippen molar-refractivity contribution in [3.8, 4) is 5.75 Å². The topological polar surface area (TPSA) is 38.3 Å². The van der Waals surface area contributed by atoms with Crippen LogP contribution in [0.15, 0.2) is 48.5 Å². The molecule has 0 unspecified atom stereocenters. The van der Waals surface area contributed by atoms with Gasteiger partial charge in [-0.15, -0.1) is 0 Å². The van der Waals surface area contributed by atoms with E-state index in [1.165, 1.54) is 6.08 Å². The molecule has 2 aromatic rings. The van der Waals surface area contributed by atoms with E-state index in [1.807, 2.05) is 0 Å². The molecule has 2 aromatic carbocycles. The van der Waals surface area contributed by atoms with Gasteiger partial charge in [0.1, 0.15) is 5.75 Å². The van der Waals surface area contributed by atoms with E-state index in [-0.39, 0.29) is 5.91 Å². The van der Waals surface area contributed by atoms with Crippen LogP contribution in [0.25, 0.3) is 6.08 Å². The number of carbonyl (C=O) groups is 1. The zero-order chi connectivity index (χ0) is 15.2. The fraction of sp³-hybridized carbons (Fsp3) is 0.0625. The summed E-state index contributed by atoms with van der Waals surface area (Å²) in [7, 11) is 1.57. The first-order chi connectivity index (χ1) is 10.1. The standard InChI is InChI=1S/C16H13Cl2NO2/c1-21-12-5-2-4-11(10-12)19-16(20)9-8-13-14(17)6-3-7-15(13)18/h2-10H,1H3,(H,19,20). The van der Waals surface area contributed by atoms with E-state index in [9.17, 15) is 4.79 Å². The Hall–Kier alpha value is -1.97. The first-order valence-electron chi connectivity index (χ1n) is 6.17. The van der Waals surface area contributed by atoms with Crippen LogP contribution in [-0.4, -0.2) is 13.0 Å². The zero-order valence-corrected chi connectivity index (χ0v) is 12.8. The summed E-state index contributed by atoms with van der Waals surface area (Å²) in [6, 6.07) is 12.3. The molecule has 0 aliphatic heterocycles. The van der Waals surface area contributed by atoms with Crippen LogP contribution in [0.3, 0.4) is 0 Å². The lowest BCUT2D eigenvalue weighted by molar-refractivity contribution is -0.111. The Morgan fingerprint density at radius 2 is 1.81 bits per heavy atom. The Bertz CT molecular complexity index is 663. The van der Waals surface area contributed by atoms with Crippen LogP contribution >= 0.6 is 23.2 Å². The number of benzene rings is 2. The molecular formula is C16H13Cl2NO2. The minimum Gasteiger partial charge on any atom is -0.497 e. The predicted octanol–water partition coefficient (Wildman–Crippen LogP) is 4.65. The van der Waals surface area contributed by atoms with E-state index in [0.29, 0.717) is 27.0 Å². The van der Waals surface area contributed by atoms with Crippen LogP contribution in [0, 0.1) is 0 Å². The molecule has 0 radical (unpaired) electrons. The predicted molar refractivity (Wildman–Crippen MR) is 87.1 cm³/mol. The summed E-state index contributed by atoms with van der Waals surface area (Å²) in [5, 5.41) is 3.72. The van der Waals surface area contributed by atoms with Crippen molar-refractivity contribution in [2.24, 2.45) is 0 Å². The maximum atomic E-state index is 11.9. The van der Waals surface area contributed by atoms with Gasteiger partial charge in [0.2, 0.25) is 5.91 Å². The Balaban J connectivity index is 2.09. The third kappa shape index (κ3) is 4.25. The molecule has 1 amide bonds. The molecule has 108 valence electrons. The van der Waals surface area contributed by atoms with Gasteiger partial charge in [0.15, 0.2) is 0 Å². The van der Waals surface area contributed by atoms with E-state index < -0.39 is 0 Å². The van der Waals surface area contributed by atoms with Gasteiger partial charge in [-0.05, 0) is 30.3 Å². The second kappa shape index (κ2) is 7.16. The second-order valence-corrected chi connectivity index (χ2v) is 5.00. The minimum atomic E-state index is -0.278. The van der Waals surface area contributed by atoms with Gasteiger partial charge >= 0.3 is 0 Å². The summed E-state index contributed by atoms with van der Waals surface area (Å²) in [5.74, 6) is 0.394. The monoisotopic (exact) mass is 321 g/mol. The van der Waals surface area contributed by atoms with Crippen LogP contribution in [0.1, 0.15) is 5.56 Å². The number of ether oxygens (including phenoxy) is 1. The van der Waals surface area contributed by atoms with Gasteiger partial charge in [0.25, 0.3) is 0 Å². The lowest BCUT2D eigenvalue weighted by atomic mass is 10.2. The van der Waals surface area contributed by atoms with Crippen molar-refractivity contribution < 1.29 is 9.53 Å². The number of rotatable bonds is 4. The number of hydrogen-bond acceptors (Lipinski definition) is 2. The van der Waals surface area contributed by atoms with E-state index in [2.05, 4.69) is 5.32 Å². The van der Waals surface area contributed by atoms with Crippen molar-refractivity contribution in [3.05, 3.63) is 64.1 Å². The molecule has 0 aliphatic rings. The summed E-state index contributed by atoms with van der Waals surface area (Å²) >= 11 is 12.1. The van der Waals surface area contributed by atoms with Gasteiger partial charge in [-0.2, -0.15) is 0 Å². The third-order valence-electron chi connectivity index (χ3n) is 2.74. The van der Waals surface area contributed by atoms with Crippen molar-refractivity contribution in [1.29, 1.82) is 0 Å². The normalized spacial score (nSPS) is 10.6. The number of nitrogens with one attached hydrogen (secondary N) is 1. The smallest absolute Gasteiger partial charge is 0.248 e. The molecule has 2 rings (SSSR count). The van der Waals surface area contributed by atoms with Crippen molar-refractivity contribution in [2.75, 3.05) is 12.4 Å². The van der Waals surface area contributed by atoms with Crippen molar-refractivity contribution in [1.82, 2.24) is 0 Å². The van der Waals surface area contributed by atoms with Crippen LogP contribution in [-0.2, 0) is 4.79 Å². The fourth-order valence-corrected chi connectivity index (χ4v) is 2.24. The highest BCUT2D eigenvalue weighted by molar-refractivity contribution is 6.37. The minimum absolute atomic E-state index is 0.278. The molecule has 21 heavy (non-hydrogen) atoms. The summed E-state index contributed by atoms with van der Waals surface area (Å²) in [4.78, 5) is 11.9. The molecule has 3 nitrogen and oxygen atoms in total. The molecule has 0 bridgehead atoms. The SMILES string of the molecule is COc1cccc(NC(=O)C=Cc2c(Cl)cccc2Cl)c1. The van der Waals surface area contributed by atoms with E-state index >= 15 is 0 Å². The fourth-order valence-electron chi connectivity index (χ4n) is 1.71. The molecule has 0 heterocycles. The highest BCUT2D eigenvalue weighted by atomic mass is 35.5. The van der Waals surface area contributed by atoms with Crippen LogP contribution in [0.4, 0.5) is 5.69 Å². The van der Waals surface area contributed by atoms with Gasteiger partial charge in [-0.3, -0.25) is 4.79 Å². The first-order valence-corrected chi connectivity index (χ1v) is 6.93. The molecule has 0 spiro atoms. The van der Waals surface area contributed by atoms with Crippen molar-refractivity contribution in [3.63, 3.8) is 0 Å². The van der Waals surface area contributed by atoms with E-state index in [4.69, 9.17) is 27.9 Å². The van der Waals surface area contributed by atoms with Crippen LogP contribution in [0.5, 0.6) is 5.75 Å². The maximum Gasteiger partial charge on any atom is 0.248 e. The Morgan fingerprint density at radius 1 is 1.14 bits per heavy atom. The molecule has 1 N–H and O–H groups in total. The lowest BCUT2D eigenvalue weighted by Gasteiger charge is -2.05. The average molecular weight is 322 g/mol. The Kier molecular flexibility index (Phi) is 5.26. The third-order valence-corrected chi connectivity index (χ3v) is 3.40. The van der Waals surface area contributed by atoms with E-state index in [1.54, 1.807) is 55.7 Å². The number of halogens is 2. The number of carbonyl (C=O) groups excluding carboxylic acids is 1. The van der Waals surface area contributed by atoms with Crippen molar-refractivity contribution >= 4 is 40.9 Å². The maximum absolute atomic E-state index is 11.9. The van der Waals surface area contributed by atoms with Gasteiger partial charge < -0.3 is 10.1 Å². The van der Waals surface area contributed by atoms with Gasteiger partial charge in [-0.25, -0.2) is 0 Å². The molecule has 0 fully saturated rings. The van der Waals surface area contributed by atoms with Gasteiger partial charge in [-0.1, -0.05) is 35.3 Å². The molecule has 0 aromatic heterocycles. The highest BCUT2D eigenvalue weighted by Gasteiger charge is 2.03. The summed E-state index contributed by atoms with van der Waals surface area (Å²) in [5.41, 5.74) is 1.26. The Morgan fingerprint density at radius 3 is 2.48 bits per heavy atom. The van der Waals surface area contributed by atoms with Crippen LogP contribution in [0.2, 0.25) is 10.0 Å². The summed E-state index contributed by atoms with van der Waals surface area (Å²) in [6.07, 6.45) is 2.97. The second-order valence-electron chi connectivity index (χ2n) is 4.19. The average Bonchev–Trinajstić information content (AvgIpc) is 2.47. The number of anilines is 1. The quantitative estimate of drug-likeness (QED) is 0.832. The molecule has 0 saturated carbocycles. The number of hydrogen-bond donors (Lipinski definition) is 1. The summed E-state index contributed by atoms with van der Waals surface area (Å²) in [6.45, 7) is 0. The molecule has 0 saturated heterocycles.